The molecule has 0 N–H and O–H groups in total. The molecule has 0 saturated heterocycles. The molecule has 0 heteroatoms. The lowest BCUT2D eigenvalue weighted by Crippen LogP contribution is -1.78. The van der Waals surface area contributed by atoms with Gasteiger partial charge in [0.1, 0.15) is 0 Å². The molecule has 0 nitrogen and oxygen atoms in total. The quantitative estimate of drug-likeness (QED) is 0.520. The minimum atomic E-state index is 1.17. The van der Waals surface area contributed by atoms with Gasteiger partial charge in [-0.1, -0.05) is 40.5 Å². The standard InChI is InChI=1S/C9H12.C4H8/c1-7-4-8(2)6-9(3)5-7;1-4(2)3/h4-6H,1-3H3;1H2,2-3H3. The highest BCUT2D eigenvalue weighted by Gasteiger charge is 1.87. The van der Waals surface area contributed by atoms with E-state index in [0.717, 1.165) is 0 Å². The minimum absolute atomic E-state index is 1.17. The lowest BCUT2D eigenvalue weighted by Gasteiger charge is -1.96. The first kappa shape index (κ1) is 12.0. The molecule has 0 aliphatic carbocycles. The molecule has 0 fully saturated rings. The van der Waals surface area contributed by atoms with Crippen LogP contribution in [0.1, 0.15) is 30.5 Å². The van der Waals surface area contributed by atoms with Crippen LogP contribution in [0.25, 0.3) is 0 Å². The van der Waals surface area contributed by atoms with E-state index in [1.165, 1.54) is 22.3 Å². The third-order valence-electron chi connectivity index (χ3n) is 1.37. The number of benzene rings is 1. The van der Waals surface area contributed by atoms with E-state index in [9.17, 15) is 0 Å². The number of aryl methyl sites for hydroxylation is 3. The van der Waals surface area contributed by atoms with E-state index in [0.29, 0.717) is 0 Å². The molecule has 13 heavy (non-hydrogen) atoms. The van der Waals surface area contributed by atoms with Gasteiger partial charge in [-0.05, 0) is 34.6 Å². The van der Waals surface area contributed by atoms with Crippen molar-refractivity contribution in [2.24, 2.45) is 0 Å². The third kappa shape index (κ3) is 7.32. The Kier molecular flexibility index (Phi) is 5.13. The van der Waals surface area contributed by atoms with Crippen LogP contribution in [0.2, 0.25) is 0 Å². The Balaban J connectivity index is 0.000000310. The van der Waals surface area contributed by atoms with Gasteiger partial charge >= 0.3 is 0 Å². The first-order chi connectivity index (χ1) is 5.91. The topological polar surface area (TPSA) is 0 Å². The van der Waals surface area contributed by atoms with Crippen molar-refractivity contribution in [3.05, 3.63) is 47.0 Å². The fourth-order valence-electron chi connectivity index (χ4n) is 1.20. The van der Waals surface area contributed by atoms with Crippen LogP contribution in [0.5, 0.6) is 0 Å². The Hall–Kier alpha value is -1.04. The fraction of sp³-hybridized carbons (Fsp3) is 0.385. The molecule has 0 unspecified atom stereocenters. The van der Waals surface area contributed by atoms with E-state index in [1.807, 2.05) is 13.8 Å². The van der Waals surface area contributed by atoms with Crippen molar-refractivity contribution in [1.29, 1.82) is 0 Å². The molecule has 0 aliphatic rings. The monoisotopic (exact) mass is 176 g/mol. The Labute approximate surface area is 82.3 Å². The van der Waals surface area contributed by atoms with Crippen molar-refractivity contribution in [3.8, 4) is 0 Å². The van der Waals surface area contributed by atoms with E-state index in [2.05, 4.69) is 45.5 Å². The summed E-state index contributed by atoms with van der Waals surface area (Å²) < 4.78 is 0. The van der Waals surface area contributed by atoms with Crippen molar-refractivity contribution in [1.82, 2.24) is 0 Å². The average molecular weight is 176 g/mol. The van der Waals surface area contributed by atoms with Gasteiger partial charge in [0.2, 0.25) is 0 Å². The van der Waals surface area contributed by atoms with Crippen molar-refractivity contribution in [2.75, 3.05) is 0 Å². The molecule has 0 aromatic heterocycles. The Morgan fingerprint density at radius 1 is 0.846 bits per heavy atom. The Bertz CT molecular complexity index is 228. The molecule has 0 amide bonds. The fourth-order valence-corrected chi connectivity index (χ4v) is 1.20. The summed E-state index contributed by atoms with van der Waals surface area (Å²) >= 11 is 0. The van der Waals surface area contributed by atoms with E-state index in [1.54, 1.807) is 0 Å². The van der Waals surface area contributed by atoms with Gasteiger partial charge in [-0.3, -0.25) is 0 Å². The molecule has 0 atom stereocenters. The maximum absolute atomic E-state index is 3.56. The number of hydrogen-bond acceptors (Lipinski definition) is 0. The maximum atomic E-state index is 3.56. The van der Waals surface area contributed by atoms with Crippen LogP contribution in [-0.4, -0.2) is 0 Å². The maximum Gasteiger partial charge on any atom is -0.0398 e. The second-order valence-electron chi connectivity index (χ2n) is 3.87. The molecule has 1 aromatic rings. The van der Waals surface area contributed by atoms with Gasteiger partial charge in [-0.15, -0.1) is 6.58 Å². The van der Waals surface area contributed by atoms with Gasteiger partial charge in [-0.25, -0.2) is 0 Å². The molecule has 0 aliphatic heterocycles. The van der Waals surface area contributed by atoms with Gasteiger partial charge in [0.05, 0.1) is 0 Å². The molecule has 0 radical (unpaired) electrons. The Morgan fingerprint density at radius 2 is 1.00 bits per heavy atom. The van der Waals surface area contributed by atoms with Crippen LogP contribution < -0.4 is 0 Å². The highest BCUT2D eigenvalue weighted by atomic mass is 13.9. The second-order valence-corrected chi connectivity index (χ2v) is 3.87. The van der Waals surface area contributed by atoms with E-state index < -0.39 is 0 Å². The highest BCUT2D eigenvalue weighted by Crippen LogP contribution is 2.06. The predicted octanol–water partition coefficient (Wildman–Crippen LogP) is 4.19. The Morgan fingerprint density at radius 3 is 1.15 bits per heavy atom. The van der Waals surface area contributed by atoms with Crippen molar-refractivity contribution < 1.29 is 0 Å². The smallest absolute Gasteiger partial charge is 0.0398 e. The molecule has 1 aromatic carbocycles. The molecular weight excluding hydrogens is 156 g/mol. The molecule has 0 heterocycles. The van der Waals surface area contributed by atoms with Gasteiger partial charge in [-0.2, -0.15) is 0 Å². The van der Waals surface area contributed by atoms with Crippen LogP contribution in [0.15, 0.2) is 30.4 Å². The van der Waals surface area contributed by atoms with Gasteiger partial charge < -0.3 is 0 Å². The van der Waals surface area contributed by atoms with Crippen LogP contribution in [0, 0.1) is 20.8 Å². The van der Waals surface area contributed by atoms with Crippen molar-refractivity contribution >= 4 is 0 Å². The predicted molar refractivity (Wildman–Crippen MR) is 61.1 cm³/mol. The van der Waals surface area contributed by atoms with Gasteiger partial charge in [0.15, 0.2) is 0 Å². The lowest BCUT2D eigenvalue weighted by molar-refractivity contribution is 1.32. The molecular formula is C13H20. The zero-order valence-electron chi connectivity index (χ0n) is 9.44. The molecule has 0 spiro atoms. The summed E-state index contributed by atoms with van der Waals surface area (Å²) in [5.41, 5.74) is 5.23. The van der Waals surface area contributed by atoms with Gasteiger partial charge in [0, 0.05) is 0 Å². The normalized spacial score (nSPS) is 8.69. The minimum Gasteiger partial charge on any atom is -0.100 e. The first-order valence-corrected chi connectivity index (χ1v) is 4.59. The van der Waals surface area contributed by atoms with Crippen molar-refractivity contribution in [2.45, 2.75) is 34.6 Å². The first-order valence-electron chi connectivity index (χ1n) is 4.59. The highest BCUT2D eigenvalue weighted by molar-refractivity contribution is 5.27. The summed E-state index contributed by atoms with van der Waals surface area (Å²) in [6.45, 7) is 13.9. The van der Waals surface area contributed by atoms with Crippen LogP contribution in [0.4, 0.5) is 0 Å². The molecule has 72 valence electrons. The van der Waals surface area contributed by atoms with Crippen molar-refractivity contribution in [3.63, 3.8) is 0 Å². The van der Waals surface area contributed by atoms with Crippen LogP contribution in [0.3, 0.4) is 0 Å². The molecule has 0 bridgehead atoms. The summed E-state index contributed by atoms with van der Waals surface area (Å²) in [5.74, 6) is 0. The zero-order chi connectivity index (χ0) is 10.4. The van der Waals surface area contributed by atoms with E-state index in [4.69, 9.17) is 0 Å². The van der Waals surface area contributed by atoms with Crippen LogP contribution >= 0.6 is 0 Å². The third-order valence-corrected chi connectivity index (χ3v) is 1.37. The van der Waals surface area contributed by atoms with Crippen LogP contribution in [-0.2, 0) is 0 Å². The summed E-state index contributed by atoms with van der Waals surface area (Å²) in [6.07, 6.45) is 0. The van der Waals surface area contributed by atoms with E-state index >= 15 is 0 Å². The SMILES string of the molecule is C=C(C)C.Cc1cc(C)cc(C)c1. The number of allylic oxidation sites excluding steroid dienone is 1. The number of hydrogen-bond donors (Lipinski definition) is 0. The van der Waals surface area contributed by atoms with E-state index in [-0.39, 0.29) is 0 Å². The van der Waals surface area contributed by atoms with Gasteiger partial charge in [0.25, 0.3) is 0 Å². The number of rotatable bonds is 0. The molecule has 1 rings (SSSR count). The average Bonchev–Trinajstić information content (AvgIpc) is 1.80. The summed E-state index contributed by atoms with van der Waals surface area (Å²) in [6, 6.07) is 6.56. The second kappa shape index (κ2) is 5.58. The summed E-state index contributed by atoms with van der Waals surface area (Å²) in [7, 11) is 0. The molecule has 0 saturated carbocycles. The summed E-state index contributed by atoms with van der Waals surface area (Å²) in [4.78, 5) is 0. The summed E-state index contributed by atoms with van der Waals surface area (Å²) in [5, 5.41) is 0. The largest absolute Gasteiger partial charge is 0.100 e. The lowest BCUT2D eigenvalue weighted by atomic mass is 10.1. The zero-order valence-corrected chi connectivity index (χ0v) is 9.44.